The van der Waals surface area contributed by atoms with E-state index < -0.39 is 0 Å². The lowest BCUT2D eigenvalue weighted by atomic mass is 10.2. The van der Waals surface area contributed by atoms with Gasteiger partial charge in [0.2, 0.25) is 0 Å². The van der Waals surface area contributed by atoms with Crippen LogP contribution < -0.4 is 20.5 Å². The minimum atomic E-state index is 0. The largest absolute Gasteiger partial charge is 0.493 e. The van der Waals surface area contributed by atoms with E-state index in [1.807, 2.05) is 48.7 Å². The molecule has 7 nitrogen and oxygen atoms in total. The first-order valence-corrected chi connectivity index (χ1v) is 8.07. The van der Waals surface area contributed by atoms with Gasteiger partial charge in [-0.3, -0.25) is 0 Å². The minimum absolute atomic E-state index is 0. The average Bonchev–Trinajstić information content (AvgIpc) is 3.21. The number of ether oxygens (including phenoxy) is 2. The van der Waals surface area contributed by atoms with E-state index in [1.54, 1.807) is 31.2 Å². The Balaban J connectivity index is 0.00000261. The number of nitrogens with one attached hydrogen (secondary N) is 1. The molecule has 1 heterocycles. The Morgan fingerprint density at radius 1 is 1.11 bits per heavy atom. The quantitative estimate of drug-likeness (QED) is 0.322. The molecule has 0 aliphatic rings. The number of rotatable bonds is 6. The second-order valence-electron chi connectivity index (χ2n) is 5.51. The van der Waals surface area contributed by atoms with E-state index >= 15 is 0 Å². The van der Waals surface area contributed by atoms with E-state index in [4.69, 9.17) is 15.2 Å². The van der Waals surface area contributed by atoms with Crippen LogP contribution in [-0.4, -0.2) is 30.0 Å². The second-order valence-corrected chi connectivity index (χ2v) is 5.51. The second kappa shape index (κ2) is 9.81. The summed E-state index contributed by atoms with van der Waals surface area (Å²) in [5.41, 5.74) is 8.80. The monoisotopic (exact) mass is 479 g/mol. The number of aromatic nitrogens is 2. The fraction of sp³-hybridized carbons (Fsp3) is 0.158. The van der Waals surface area contributed by atoms with Crippen molar-refractivity contribution < 1.29 is 9.47 Å². The highest BCUT2D eigenvalue weighted by Crippen LogP contribution is 2.29. The molecule has 3 rings (SSSR count). The third-order valence-corrected chi connectivity index (χ3v) is 3.79. The van der Waals surface area contributed by atoms with E-state index in [0.29, 0.717) is 24.0 Å². The van der Waals surface area contributed by atoms with Crippen molar-refractivity contribution in [3.63, 3.8) is 0 Å². The zero-order valence-corrected chi connectivity index (χ0v) is 17.5. The highest BCUT2D eigenvalue weighted by Gasteiger charge is 2.05. The summed E-state index contributed by atoms with van der Waals surface area (Å²) >= 11 is 0. The average molecular weight is 479 g/mol. The molecule has 0 amide bonds. The molecule has 0 atom stereocenters. The highest BCUT2D eigenvalue weighted by atomic mass is 127. The molecule has 8 heteroatoms. The normalized spacial score (nSPS) is 10.8. The molecule has 3 N–H and O–H groups in total. The van der Waals surface area contributed by atoms with Gasteiger partial charge < -0.3 is 20.5 Å². The van der Waals surface area contributed by atoms with Gasteiger partial charge in [0.15, 0.2) is 17.5 Å². The molecular weight excluding hydrogens is 457 g/mol. The Labute approximate surface area is 175 Å². The van der Waals surface area contributed by atoms with Crippen LogP contribution in [0.15, 0.2) is 65.9 Å². The van der Waals surface area contributed by atoms with Gasteiger partial charge in [0.1, 0.15) is 0 Å². The van der Waals surface area contributed by atoms with Crippen LogP contribution in [0.2, 0.25) is 0 Å². The number of anilines is 1. The van der Waals surface area contributed by atoms with Crippen molar-refractivity contribution in [1.82, 2.24) is 9.78 Å². The molecule has 2 aromatic carbocycles. The summed E-state index contributed by atoms with van der Waals surface area (Å²) in [7, 11) is 3.18. The number of aliphatic imine (C=N–C) groups is 1. The van der Waals surface area contributed by atoms with Gasteiger partial charge in [-0.2, -0.15) is 5.10 Å². The molecule has 1 aromatic heterocycles. The molecule has 0 radical (unpaired) electrons. The van der Waals surface area contributed by atoms with Gasteiger partial charge in [0, 0.05) is 24.1 Å². The Kier molecular flexibility index (Phi) is 7.47. The number of methoxy groups -OCH3 is 2. The van der Waals surface area contributed by atoms with Crippen molar-refractivity contribution in [1.29, 1.82) is 0 Å². The van der Waals surface area contributed by atoms with Gasteiger partial charge in [-0.25, -0.2) is 9.67 Å². The molecule has 0 unspecified atom stereocenters. The number of nitrogens with zero attached hydrogens (tertiary/aromatic N) is 3. The summed E-state index contributed by atoms with van der Waals surface area (Å²) in [5.74, 6) is 1.61. The fourth-order valence-corrected chi connectivity index (χ4v) is 2.45. The molecule has 142 valence electrons. The molecule has 0 spiro atoms. The van der Waals surface area contributed by atoms with Gasteiger partial charge in [-0.15, -0.1) is 24.0 Å². The lowest BCUT2D eigenvalue weighted by Crippen LogP contribution is -2.22. The summed E-state index contributed by atoms with van der Waals surface area (Å²) in [6.07, 6.45) is 3.65. The zero-order valence-electron chi connectivity index (χ0n) is 15.1. The molecular formula is C19H22IN5O2. The summed E-state index contributed by atoms with van der Waals surface area (Å²) in [6.45, 7) is 0.478. The third kappa shape index (κ3) is 5.36. The standard InChI is InChI=1S/C19H21N5O2.HI/c1-25-17-9-6-15(12-18(17)26-2)23-19(20)21-13-14-4-7-16(8-5-14)24-11-3-10-22-24;/h3-12H,13H2,1-2H3,(H3,20,21,23);1H. The van der Waals surface area contributed by atoms with E-state index in [0.717, 1.165) is 16.9 Å². The smallest absolute Gasteiger partial charge is 0.193 e. The first-order valence-electron chi connectivity index (χ1n) is 8.07. The van der Waals surface area contributed by atoms with E-state index in [9.17, 15) is 0 Å². The first-order chi connectivity index (χ1) is 12.7. The number of nitrogens with two attached hydrogens (primary N) is 1. The van der Waals surface area contributed by atoms with Crippen LogP contribution in [0.25, 0.3) is 5.69 Å². The molecule has 0 aliphatic heterocycles. The van der Waals surface area contributed by atoms with Gasteiger partial charge in [-0.05, 0) is 35.9 Å². The summed E-state index contributed by atoms with van der Waals surface area (Å²) in [4.78, 5) is 4.37. The number of hydrogen-bond donors (Lipinski definition) is 2. The maximum absolute atomic E-state index is 5.98. The van der Waals surface area contributed by atoms with Crippen LogP contribution in [0.5, 0.6) is 11.5 Å². The Hall–Kier alpha value is -2.75. The first kappa shape index (κ1) is 20.6. The number of benzene rings is 2. The van der Waals surface area contributed by atoms with Crippen molar-refractivity contribution in [3.05, 3.63) is 66.5 Å². The summed E-state index contributed by atoms with van der Waals surface area (Å²) < 4.78 is 12.3. The van der Waals surface area contributed by atoms with Gasteiger partial charge in [-0.1, -0.05) is 12.1 Å². The molecule has 27 heavy (non-hydrogen) atoms. The van der Waals surface area contributed by atoms with Crippen LogP contribution in [0, 0.1) is 0 Å². The molecule has 3 aromatic rings. The van der Waals surface area contributed by atoms with Gasteiger partial charge in [0.05, 0.1) is 26.5 Å². The van der Waals surface area contributed by atoms with Crippen LogP contribution in [0.3, 0.4) is 0 Å². The van der Waals surface area contributed by atoms with Gasteiger partial charge >= 0.3 is 0 Å². The highest BCUT2D eigenvalue weighted by molar-refractivity contribution is 14.0. The van der Waals surface area contributed by atoms with Crippen molar-refractivity contribution in [2.24, 2.45) is 10.7 Å². The fourth-order valence-electron chi connectivity index (χ4n) is 2.45. The molecule has 0 saturated heterocycles. The Morgan fingerprint density at radius 2 is 1.85 bits per heavy atom. The summed E-state index contributed by atoms with van der Waals surface area (Å²) in [6, 6.07) is 15.4. The SMILES string of the molecule is COc1ccc(NC(N)=NCc2ccc(-n3cccn3)cc2)cc1OC.I. The predicted octanol–water partition coefficient (Wildman–Crippen LogP) is 3.43. The number of guanidine groups is 1. The zero-order chi connectivity index (χ0) is 18.4. The van der Waals surface area contributed by atoms with E-state index in [-0.39, 0.29) is 24.0 Å². The minimum Gasteiger partial charge on any atom is -0.493 e. The number of hydrogen-bond acceptors (Lipinski definition) is 4. The van der Waals surface area contributed by atoms with Crippen molar-refractivity contribution >= 4 is 35.6 Å². The van der Waals surface area contributed by atoms with Crippen LogP contribution in [-0.2, 0) is 6.54 Å². The molecule has 0 saturated carbocycles. The maximum atomic E-state index is 5.98. The predicted molar refractivity (Wildman–Crippen MR) is 117 cm³/mol. The topological polar surface area (TPSA) is 86.7 Å². The molecule has 0 bridgehead atoms. The lowest BCUT2D eigenvalue weighted by molar-refractivity contribution is 0.355. The van der Waals surface area contributed by atoms with E-state index in [1.165, 1.54) is 0 Å². The van der Waals surface area contributed by atoms with Crippen LogP contribution in [0.1, 0.15) is 5.56 Å². The lowest BCUT2D eigenvalue weighted by Gasteiger charge is -2.11. The van der Waals surface area contributed by atoms with Crippen LogP contribution >= 0.6 is 24.0 Å². The molecule has 0 aliphatic carbocycles. The maximum Gasteiger partial charge on any atom is 0.193 e. The Morgan fingerprint density at radius 3 is 2.48 bits per heavy atom. The van der Waals surface area contributed by atoms with Crippen molar-refractivity contribution in [3.8, 4) is 17.2 Å². The summed E-state index contributed by atoms with van der Waals surface area (Å²) in [5, 5.41) is 7.25. The van der Waals surface area contributed by atoms with Crippen molar-refractivity contribution in [2.75, 3.05) is 19.5 Å². The van der Waals surface area contributed by atoms with E-state index in [2.05, 4.69) is 15.4 Å². The third-order valence-electron chi connectivity index (χ3n) is 3.79. The molecule has 0 fully saturated rings. The van der Waals surface area contributed by atoms with Gasteiger partial charge in [0.25, 0.3) is 0 Å². The Bertz CT molecular complexity index is 880. The van der Waals surface area contributed by atoms with Crippen LogP contribution in [0.4, 0.5) is 5.69 Å². The van der Waals surface area contributed by atoms with Crippen molar-refractivity contribution in [2.45, 2.75) is 6.54 Å². The number of halogens is 1.